The molecule has 3 rings (SSSR count). The molecule has 0 aliphatic carbocycles. The topological polar surface area (TPSA) is 41.6 Å². The number of fused-ring (bicyclic) bond motifs is 1. The van der Waals surface area contributed by atoms with Crippen LogP contribution in [0.25, 0.3) is 0 Å². The number of hydrogen-bond acceptors (Lipinski definition) is 2. The summed E-state index contributed by atoms with van der Waals surface area (Å²) in [5.41, 5.74) is 1.33. The van der Waals surface area contributed by atoms with Crippen LogP contribution in [0.4, 0.5) is 23.7 Å². The van der Waals surface area contributed by atoms with Gasteiger partial charge >= 0.3 is 12.2 Å². The van der Waals surface area contributed by atoms with E-state index in [0.29, 0.717) is 19.5 Å². The lowest BCUT2D eigenvalue weighted by molar-refractivity contribution is -0.137. The monoisotopic (exact) mass is 384 g/mol. The molecule has 1 aliphatic rings. The predicted molar refractivity (Wildman–Crippen MR) is 92.6 cm³/mol. The highest BCUT2D eigenvalue weighted by Crippen LogP contribution is 2.36. The number of nitrogens with one attached hydrogen (secondary N) is 1. The van der Waals surface area contributed by atoms with Crippen LogP contribution in [0, 0.1) is 0 Å². The average molecular weight is 385 g/mol. The zero-order valence-electron chi connectivity index (χ0n) is 13.9. The first kappa shape index (κ1) is 18.4. The minimum Gasteiger partial charge on any atom is -0.496 e. The zero-order chi connectivity index (χ0) is 18.9. The molecule has 0 saturated heterocycles. The Morgan fingerprint density at radius 1 is 1.27 bits per heavy atom. The number of benzene rings is 2. The van der Waals surface area contributed by atoms with Crippen molar-refractivity contribution in [2.24, 2.45) is 0 Å². The molecule has 0 saturated carbocycles. The highest BCUT2D eigenvalue weighted by Gasteiger charge is 2.33. The second-order valence-electron chi connectivity index (χ2n) is 5.89. The van der Waals surface area contributed by atoms with Gasteiger partial charge in [-0.15, -0.1) is 0 Å². The van der Waals surface area contributed by atoms with Gasteiger partial charge in [0, 0.05) is 24.3 Å². The number of anilines is 1. The Labute approximate surface area is 153 Å². The lowest BCUT2D eigenvalue weighted by atomic mass is 9.99. The van der Waals surface area contributed by atoms with Crippen LogP contribution in [0.1, 0.15) is 16.7 Å². The van der Waals surface area contributed by atoms with Crippen molar-refractivity contribution in [3.8, 4) is 5.75 Å². The highest BCUT2D eigenvalue weighted by molar-refractivity contribution is 6.31. The molecule has 8 heteroatoms. The second kappa shape index (κ2) is 7.07. The van der Waals surface area contributed by atoms with Gasteiger partial charge in [0.1, 0.15) is 5.75 Å². The Morgan fingerprint density at radius 3 is 2.69 bits per heavy atom. The molecule has 2 aromatic rings. The number of hydrogen-bond donors (Lipinski definition) is 1. The Morgan fingerprint density at radius 2 is 2.04 bits per heavy atom. The van der Waals surface area contributed by atoms with E-state index in [4.69, 9.17) is 16.3 Å². The normalized spacial score (nSPS) is 14.0. The molecule has 0 atom stereocenters. The minimum atomic E-state index is -4.53. The molecule has 0 fully saturated rings. The molecule has 1 heterocycles. The number of nitrogens with zero attached hydrogens (tertiary/aromatic N) is 1. The van der Waals surface area contributed by atoms with Gasteiger partial charge in [0.05, 0.1) is 17.7 Å². The molecule has 26 heavy (non-hydrogen) atoms. The molecule has 4 nitrogen and oxygen atoms in total. The number of amides is 2. The fourth-order valence-corrected chi connectivity index (χ4v) is 3.25. The third-order valence-electron chi connectivity index (χ3n) is 4.26. The summed E-state index contributed by atoms with van der Waals surface area (Å²) in [5.74, 6) is 0.789. The summed E-state index contributed by atoms with van der Waals surface area (Å²) in [5, 5.41) is 2.14. The number of urea groups is 1. The van der Waals surface area contributed by atoms with Crippen molar-refractivity contribution in [2.45, 2.75) is 19.1 Å². The first-order chi connectivity index (χ1) is 12.3. The average Bonchev–Trinajstić information content (AvgIpc) is 2.59. The van der Waals surface area contributed by atoms with E-state index < -0.39 is 22.8 Å². The van der Waals surface area contributed by atoms with Crippen molar-refractivity contribution < 1.29 is 22.7 Å². The van der Waals surface area contributed by atoms with Crippen molar-refractivity contribution in [3.63, 3.8) is 0 Å². The Balaban J connectivity index is 1.72. The molecule has 1 aliphatic heterocycles. The van der Waals surface area contributed by atoms with Crippen LogP contribution in [0.15, 0.2) is 36.4 Å². The Bertz CT molecular complexity index is 840. The zero-order valence-corrected chi connectivity index (χ0v) is 14.6. The lowest BCUT2D eigenvalue weighted by Gasteiger charge is -2.30. The maximum Gasteiger partial charge on any atom is 0.417 e. The molecule has 2 aromatic carbocycles. The summed E-state index contributed by atoms with van der Waals surface area (Å²) in [6.07, 6.45) is -3.89. The summed E-state index contributed by atoms with van der Waals surface area (Å²) in [6, 6.07) is 8.40. The van der Waals surface area contributed by atoms with E-state index in [-0.39, 0.29) is 5.69 Å². The van der Waals surface area contributed by atoms with Crippen molar-refractivity contribution in [1.29, 1.82) is 0 Å². The molecular weight excluding hydrogens is 369 g/mol. The van der Waals surface area contributed by atoms with Crippen molar-refractivity contribution in [3.05, 3.63) is 58.1 Å². The summed E-state index contributed by atoms with van der Waals surface area (Å²) in [4.78, 5) is 14.0. The Hall–Kier alpha value is -2.41. The van der Waals surface area contributed by atoms with E-state index in [1.165, 1.54) is 6.07 Å². The maximum absolute atomic E-state index is 12.7. The second-order valence-corrected chi connectivity index (χ2v) is 6.30. The number of rotatable bonds is 2. The van der Waals surface area contributed by atoms with E-state index in [0.717, 1.165) is 29.0 Å². The van der Waals surface area contributed by atoms with Crippen LogP contribution in [-0.4, -0.2) is 24.6 Å². The van der Waals surface area contributed by atoms with Gasteiger partial charge in [0.25, 0.3) is 0 Å². The van der Waals surface area contributed by atoms with Crippen LogP contribution in [0.5, 0.6) is 5.75 Å². The predicted octanol–water partition coefficient (Wildman–Crippen LogP) is 4.96. The highest BCUT2D eigenvalue weighted by atomic mass is 35.5. The van der Waals surface area contributed by atoms with Gasteiger partial charge in [-0.05, 0) is 36.2 Å². The summed E-state index contributed by atoms with van der Waals surface area (Å²) in [6.45, 7) is 0.875. The van der Waals surface area contributed by atoms with Gasteiger partial charge in [0.2, 0.25) is 0 Å². The number of methoxy groups -OCH3 is 1. The molecule has 138 valence electrons. The van der Waals surface area contributed by atoms with Gasteiger partial charge < -0.3 is 15.0 Å². The van der Waals surface area contributed by atoms with Crippen LogP contribution in [0.2, 0.25) is 5.02 Å². The van der Waals surface area contributed by atoms with Crippen LogP contribution >= 0.6 is 11.6 Å². The molecule has 0 radical (unpaired) electrons. The smallest absolute Gasteiger partial charge is 0.417 e. The number of carbonyl (C=O) groups is 1. The van der Waals surface area contributed by atoms with E-state index >= 15 is 0 Å². The third kappa shape index (κ3) is 3.72. The van der Waals surface area contributed by atoms with Crippen LogP contribution < -0.4 is 10.1 Å². The maximum atomic E-state index is 12.7. The van der Waals surface area contributed by atoms with Gasteiger partial charge in [-0.2, -0.15) is 13.2 Å². The van der Waals surface area contributed by atoms with Gasteiger partial charge in [-0.3, -0.25) is 0 Å². The summed E-state index contributed by atoms with van der Waals surface area (Å²) >= 11 is 5.68. The first-order valence-corrected chi connectivity index (χ1v) is 8.25. The largest absolute Gasteiger partial charge is 0.496 e. The number of carbonyl (C=O) groups excluding carboxylic acids is 1. The standard InChI is InChI=1S/C18H16ClF3N2O2/c1-26-16-4-2-3-11-10-24(8-7-13(11)16)17(25)23-12-5-6-14(15(19)9-12)18(20,21)22/h2-6,9H,7-8,10H2,1H3,(H,23,25). The summed E-state index contributed by atoms with van der Waals surface area (Å²) in [7, 11) is 1.60. The minimum absolute atomic E-state index is 0.212. The third-order valence-corrected chi connectivity index (χ3v) is 4.57. The van der Waals surface area contributed by atoms with E-state index in [1.54, 1.807) is 12.0 Å². The van der Waals surface area contributed by atoms with Gasteiger partial charge in [-0.1, -0.05) is 23.7 Å². The van der Waals surface area contributed by atoms with Crippen molar-refractivity contribution in [2.75, 3.05) is 19.0 Å². The molecular formula is C18H16ClF3N2O2. The number of alkyl halides is 3. The van der Waals surface area contributed by atoms with Crippen molar-refractivity contribution in [1.82, 2.24) is 4.90 Å². The fourth-order valence-electron chi connectivity index (χ4n) is 2.96. The number of halogens is 4. The fraction of sp³-hybridized carbons (Fsp3) is 0.278. The van der Waals surface area contributed by atoms with E-state index in [1.807, 2.05) is 18.2 Å². The van der Waals surface area contributed by atoms with Crippen LogP contribution in [0.3, 0.4) is 0 Å². The summed E-state index contributed by atoms with van der Waals surface area (Å²) < 4.78 is 43.6. The molecule has 0 spiro atoms. The molecule has 2 amide bonds. The van der Waals surface area contributed by atoms with E-state index in [9.17, 15) is 18.0 Å². The SMILES string of the molecule is COc1cccc2c1CCN(C(=O)Nc1ccc(C(F)(F)F)c(Cl)c1)C2. The quantitative estimate of drug-likeness (QED) is 0.795. The molecule has 1 N–H and O–H groups in total. The number of ether oxygens (including phenoxy) is 1. The van der Waals surface area contributed by atoms with E-state index in [2.05, 4.69) is 5.32 Å². The lowest BCUT2D eigenvalue weighted by Crippen LogP contribution is -2.39. The molecule has 0 unspecified atom stereocenters. The van der Waals surface area contributed by atoms with Gasteiger partial charge in [0.15, 0.2) is 0 Å². The van der Waals surface area contributed by atoms with Crippen LogP contribution in [-0.2, 0) is 19.1 Å². The Kier molecular flexibility index (Phi) is 5.00. The molecule has 0 aromatic heterocycles. The molecule has 0 bridgehead atoms. The van der Waals surface area contributed by atoms with Gasteiger partial charge in [-0.25, -0.2) is 4.79 Å². The first-order valence-electron chi connectivity index (χ1n) is 7.87. The van der Waals surface area contributed by atoms with Crippen molar-refractivity contribution >= 4 is 23.3 Å².